The Hall–Kier alpha value is -0.160. The van der Waals surface area contributed by atoms with Gasteiger partial charge in [-0.05, 0) is 152 Å². The molecule has 4 N–H and O–H groups in total. The summed E-state index contributed by atoms with van der Waals surface area (Å²) in [6.07, 6.45) is 48.0. The van der Waals surface area contributed by atoms with E-state index in [0.717, 1.165) is 47.8 Å². The molecular weight excluding hydrogens is 609 g/mol. The molecule has 14 fully saturated rings. The van der Waals surface area contributed by atoms with Gasteiger partial charge in [0.15, 0.2) is 0 Å². The number of rotatable bonds is 0. The normalized spacial score (nSPS) is 40.8. The second-order valence-corrected chi connectivity index (χ2v) is 19.5. The van der Waals surface area contributed by atoms with Gasteiger partial charge in [0.05, 0.1) is 0 Å². The molecule has 0 amide bonds. The van der Waals surface area contributed by atoms with E-state index in [0.29, 0.717) is 0 Å². The van der Waals surface area contributed by atoms with Crippen LogP contribution < -0.4 is 21.3 Å². The molecule has 10 bridgehead atoms. The second kappa shape index (κ2) is 22.9. The summed E-state index contributed by atoms with van der Waals surface area (Å²) in [5.74, 6) is 6.75. The topological polar surface area (TPSA) is 48.1 Å². The van der Waals surface area contributed by atoms with Gasteiger partial charge in [0, 0.05) is 24.2 Å². The third-order valence-electron chi connectivity index (χ3n) is 15.5. The van der Waals surface area contributed by atoms with Crippen molar-refractivity contribution in [1.82, 2.24) is 21.3 Å². The number of piperidine rings is 5. The fraction of sp³-hybridized carbons (Fsp3) is 1.00. The Labute approximate surface area is 311 Å². The van der Waals surface area contributed by atoms with Crippen LogP contribution in [0.25, 0.3) is 0 Å². The van der Waals surface area contributed by atoms with Crippen LogP contribution >= 0.6 is 0 Å². The van der Waals surface area contributed by atoms with Crippen molar-refractivity contribution in [1.29, 1.82) is 0 Å². The summed E-state index contributed by atoms with van der Waals surface area (Å²) in [7, 11) is 0. The highest BCUT2D eigenvalue weighted by molar-refractivity contribution is 4.89. The van der Waals surface area contributed by atoms with E-state index in [1.165, 1.54) is 173 Å². The maximum Gasteiger partial charge on any atom is 0.00704 e. The van der Waals surface area contributed by atoms with Gasteiger partial charge < -0.3 is 21.3 Å². The van der Waals surface area contributed by atoms with Crippen LogP contribution in [0.5, 0.6) is 0 Å². The van der Waals surface area contributed by atoms with Crippen molar-refractivity contribution in [3.63, 3.8) is 0 Å². The van der Waals surface area contributed by atoms with E-state index in [-0.39, 0.29) is 0 Å². The monoisotopic (exact) mass is 695 g/mol. The Morgan fingerprint density at radius 3 is 0.860 bits per heavy atom. The van der Waals surface area contributed by atoms with Crippen molar-refractivity contribution in [3.8, 4) is 0 Å². The van der Waals surface area contributed by atoms with Gasteiger partial charge in [-0.2, -0.15) is 0 Å². The van der Waals surface area contributed by atoms with Crippen molar-refractivity contribution in [3.05, 3.63) is 0 Å². The minimum atomic E-state index is 0.903. The van der Waals surface area contributed by atoms with E-state index in [2.05, 4.69) is 21.3 Å². The molecule has 290 valence electrons. The Bertz CT molecular complexity index is 661. The van der Waals surface area contributed by atoms with E-state index in [4.69, 9.17) is 0 Å². The van der Waals surface area contributed by atoms with Crippen LogP contribution in [-0.2, 0) is 0 Å². The minimum absolute atomic E-state index is 0.903. The average Bonchev–Trinajstić information content (AvgIpc) is 4.10. The first-order valence-electron chi connectivity index (χ1n) is 23.7. The lowest BCUT2D eigenvalue weighted by molar-refractivity contribution is 0.176. The van der Waals surface area contributed by atoms with E-state index in [9.17, 15) is 0 Å². The van der Waals surface area contributed by atoms with Crippen molar-refractivity contribution >= 4 is 0 Å². The molecule has 50 heavy (non-hydrogen) atoms. The van der Waals surface area contributed by atoms with Gasteiger partial charge >= 0.3 is 0 Å². The number of hydrogen-bond acceptors (Lipinski definition) is 4. The van der Waals surface area contributed by atoms with Crippen LogP contribution in [0, 0.1) is 35.5 Å². The van der Waals surface area contributed by atoms with Crippen LogP contribution in [0.2, 0.25) is 0 Å². The van der Waals surface area contributed by atoms with Gasteiger partial charge in [-0.25, -0.2) is 0 Å². The van der Waals surface area contributed by atoms with E-state index in [1.54, 1.807) is 70.6 Å². The molecule has 4 atom stereocenters. The number of fused-ring (bicyclic) bond motifs is 12. The highest BCUT2D eigenvalue weighted by Crippen LogP contribution is 2.44. The largest absolute Gasteiger partial charge is 0.317 e. The number of hydrogen-bond donors (Lipinski definition) is 4. The van der Waals surface area contributed by atoms with Gasteiger partial charge in [0.25, 0.3) is 0 Å². The minimum Gasteiger partial charge on any atom is -0.317 e. The molecule has 14 rings (SSSR count). The van der Waals surface area contributed by atoms with Gasteiger partial charge in [0.1, 0.15) is 0 Å². The summed E-state index contributed by atoms with van der Waals surface area (Å²) in [5, 5.41) is 13.8. The smallest absolute Gasteiger partial charge is 0.00704 e. The summed E-state index contributed by atoms with van der Waals surface area (Å²) >= 11 is 0. The molecule has 8 aliphatic carbocycles. The summed E-state index contributed by atoms with van der Waals surface area (Å²) in [4.78, 5) is 0. The van der Waals surface area contributed by atoms with Crippen molar-refractivity contribution in [2.45, 2.75) is 230 Å². The van der Waals surface area contributed by atoms with Gasteiger partial charge in [0.2, 0.25) is 0 Å². The molecule has 14 aliphatic rings. The summed E-state index contributed by atoms with van der Waals surface area (Å²) in [5.41, 5.74) is 0. The molecule has 0 aromatic heterocycles. The zero-order valence-corrected chi connectivity index (χ0v) is 33.2. The second-order valence-electron chi connectivity index (χ2n) is 19.5. The Kier molecular flexibility index (Phi) is 18.1. The molecule has 4 nitrogen and oxygen atoms in total. The summed E-state index contributed by atoms with van der Waals surface area (Å²) in [6, 6.07) is 3.65. The van der Waals surface area contributed by atoms with Crippen molar-refractivity contribution in [2.75, 3.05) is 26.2 Å². The Morgan fingerprint density at radius 1 is 0.260 bits per heavy atom. The van der Waals surface area contributed by atoms with Crippen LogP contribution in [-0.4, -0.2) is 50.3 Å². The highest BCUT2D eigenvalue weighted by Gasteiger charge is 2.31. The Balaban J connectivity index is 0.000000101. The quantitative estimate of drug-likeness (QED) is 0.204. The number of nitrogens with one attached hydrogen (secondary N) is 4. The molecule has 0 radical (unpaired) electrons. The van der Waals surface area contributed by atoms with E-state index < -0.39 is 0 Å². The highest BCUT2D eigenvalue weighted by atomic mass is 15.0. The maximum absolute atomic E-state index is 3.59. The third-order valence-corrected chi connectivity index (χ3v) is 15.5. The summed E-state index contributed by atoms with van der Waals surface area (Å²) < 4.78 is 0. The SMILES string of the molecule is C1CC2CC1CN2.C1CC2CCC(C1)N2.C1CC2CCC1C2.C1CC2CCC1CC2.C1CC2CCC1CN2.C1CCCCC1.C1CCNCC1. The van der Waals surface area contributed by atoms with Gasteiger partial charge in [-0.1, -0.05) is 116 Å². The predicted molar refractivity (Wildman–Crippen MR) is 216 cm³/mol. The molecule has 0 aromatic carbocycles. The molecular formula is C46H86N4. The fourth-order valence-electron chi connectivity index (χ4n) is 12.0. The van der Waals surface area contributed by atoms with Gasteiger partial charge in [-0.3, -0.25) is 0 Å². The Morgan fingerprint density at radius 2 is 0.660 bits per heavy atom. The van der Waals surface area contributed by atoms with E-state index >= 15 is 0 Å². The molecule has 0 aromatic rings. The predicted octanol–water partition coefficient (Wildman–Crippen LogP) is 11.1. The van der Waals surface area contributed by atoms with E-state index in [1.807, 2.05) is 0 Å². The van der Waals surface area contributed by atoms with Crippen LogP contribution in [0.4, 0.5) is 0 Å². The first kappa shape index (κ1) is 39.5. The van der Waals surface area contributed by atoms with Crippen LogP contribution in [0.3, 0.4) is 0 Å². The molecule has 6 saturated heterocycles. The zero-order chi connectivity index (χ0) is 34.1. The lowest BCUT2D eigenvalue weighted by Gasteiger charge is -2.36. The first-order chi connectivity index (χ1) is 24.7. The first-order valence-corrected chi connectivity index (χ1v) is 23.7. The molecule has 8 saturated carbocycles. The summed E-state index contributed by atoms with van der Waals surface area (Å²) in [6.45, 7) is 5.12. The van der Waals surface area contributed by atoms with Gasteiger partial charge in [-0.15, -0.1) is 0 Å². The molecule has 4 heteroatoms. The molecule has 0 spiro atoms. The van der Waals surface area contributed by atoms with Crippen molar-refractivity contribution in [2.24, 2.45) is 35.5 Å². The van der Waals surface area contributed by atoms with Crippen LogP contribution in [0.1, 0.15) is 205 Å². The molecule has 4 unspecified atom stereocenters. The lowest BCUT2D eigenvalue weighted by Crippen LogP contribution is -2.44. The average molecular weight is 695 g/mol. The van der Waals surface area contributed by atoms with Crippen LogP contribution in [0.15, 0.2) is 0 Å². The molecule has 6 heterocycles. The standard InChI is InChI=1S/C8H14.2C7H13N.C7H12.C6H11N.C6H12.C5H11N/c1-2-8-5-3-7(1)4-6-8;1-3-7-4-2-6(1)5-8-7;1-2-6-4-5-7(3-1)8-6;1-2-7-4-3-6(1)5-7;1-2-6-3-5(1)4-7-6;2*1-2-4-6-5-3-1/h7-8H,1-6H2;2*6-8H,1-5H2;6-7H,1-5H2;5-7H,1-4H2;1-6H2;6H,1-5H2. The maximum atomic E-state index is 3.59. The fourth-order valence-corrected chi connectivity index (χ4v) is 12.0. The lowest BCUT2D eigenvalue weighted by atomic mass is 9.71. The third kappa shape index (κ3) is 14.6. The molecule has 6 aliphatic heterocycles. The van der Waals surface area contributed by atoms with Crippen molar-refractivity contribution < 1.29 is 0 Å². The zero-order valence-electron chi connectivity index (χ0n) is 33.2.